The van der Waals surface area contributed by atoms with Crippen molar-refractivity contribution in [3.8, 4) is 0 Å². The summed E-state index contributed by atoms with van der Waals surface area (Å²) >= 11 is 4.69. The molecule has 0 aliphatic heterocycles. The molecular weight excluding hydrogens is 302 g/mol. The van der Waals surface area contributed by atoms with E-state index in [1.165, 1.54) is 11.5 Å². The molecule has 90 valence electrons. The largest absolute Gasteiger partial charge is 0.455 e. The first kappa shape index (κ1) is 12.5. The number of fused-ring (bicyclic) bond motifs is 1. The van der Waals surface area contributed by atoms with E-state index in [0.717, 1.165) is 14.6 Å². The SMILES string of the molecule is CC(C)(C)OC(=O)c1nsc2cc(Br)ccc12. The fourth-order valence-electron chi connectivity index (χ4n) is 1.38. The first-order valence-corrected chi connectivity index (χ1v) is 6.72. The fourth-order valence-corrected chi connectivity index (χ4v) is 2.70. The number of ether oxygens (including phenoxy) is 1. The van der Waals surface area contributed by atoms with Gasteiger partial charge in [0.1, 0.15) is 5.60 Å². The average Bonchev–Trinajstić information content (AvgIpc) is 2.57. The lowest BCUT2D eigenvalue weighted by molar-refractivity contribution is 0.00666. The Morgan fingerprint density at radius 1 is 1.41 bits per heavy atom. The number of rotatable bonds is 1. The molecule has 0 amide bonds. The van der Waals surface area contributed by atoms with Gasteiger partial charge in [0.15, 0.2) is 5.69 Å². The Bertz CT molecular complexity index is 571. The van der Waals surface area contributed by atoms with Crippen molar-refractivity contribution in [1.29, 1.82) is 0 Å². The molecule has 0 radical (unpaired) electrons. The molecule has 3 nitrogen and oxygen atoms in total. The Balaban J connectivity index is 2.40. The van der Waals surface area contributed by atoms with Crippen LogP contribution in [0.1, 0.15) is 31.3 Å². The summed E-state index contributed by atoms with van der Waals surface area (Å²) < 4.78 is 11.4. The topological polar surface area (TPSA) is 39.2 Å². The van der Waals surface area contributed by atoms with Crippen molar-refractivity contribution < 1.29 is 9.53 Å². The molecule has 17 heavy (non-hydrogen) atoms. The molecule has 0 aliphatic carbocycles. The number of carbonyl (C=O) groups is 1. The number of nitrogens with zero attached hydrogens (tertiary/aromatic N) is 1. The van der Waals surface area contributed by atoms with Crippen molar-refractivity contribution in [2.45, 2.75) is 26.4 Å². The maximum atomic E-state index is 11.9. The lowest BCUT2D eigenvalue weighted by Gasteiger charge is -2.18. The minimum Gasteiger partial charge on any atom is -0.455 e. The molecular formula is C12H12BrNO2S. The van der Waals surface area contributed by atoms with Crippen molar-refractivity contribution in [3.63, 3.8) is 0 Å². The summed E-state index contributed by atoms with van der Waals surface area (Å²) in [5, 5.41) is 0.840. The second kappa shape index (κ2) is 4.38. The van der Waals surface area contributed by atoms with Crippen LogP contribution in [0.25, 0.3) is 10.1 Å². The standard InChI is InChI=1S/C12H12BrNO2S/c1-12(2,3)16-11(15)10-8-5-4-7(13)6-9(8)17-14-10/h4-6H,1-3H3. The number of carbonyl (C=O) groups excluding carboxylic acids is 1. The Morgan fingerprint density at radius 3 is 2.76 bits per heavy atom. The number of halogens is 1. The maximum absolute atomic E-state index is 11.9. The lowest BCUT2D eigenvalue weighted by atomic mass is 10.2. The van der Waals surface area contributed by atoms with Crippen LogP contribution in [0.4, 0.5) is 0 Å². The third-order valence-electron chi connectivity index (χ3n) is 2.03. The molecule has 1 heterocycles. The molecule has 0 spiro atoms. The van der Waals surface area contributed by atoms with E-state index < -0.39 is 5.60 Å². The Labute approximate surface area is 112 Å². The predicted molar refractivity (Wildman–Crippen MR) is 72.5 cm³/mol. The van der Waals surface area contributed by atoms with E-state index in [9.17, 15) is 4.79 Å². The number of hydrogen-bond donors (Lipinski definition) is 0. The van der Waals surface area contributed by atoms with Crippen LogP contribution in [0, 0.1) is 0 Å². The van der Waals surface area contributed by atoms with Crippen LogP contribution in [0.5, 0.6) is 0 Å². The number of esters is 1. The van der Waals surface area contributed by atoms with E-state index in [-0.39, 0.29) is 5.97 Å². The summed E-state index contributed by atoms with van der Waals surface area (Å²) in [5.74, 6) is -0.369. The molecule has 0 saturated carbocycles. The van der Waals surface area contributed by atoms with Gasteiger partial charge >= 0.3 is 5.97 Å². The Kier molecular flexibility index (Phi) is 3.23. The van der Waals surface area contributed by atoms with Gasteiger partial charge in [-0.2, -0.15) is 4.37 Å². The monoisotopic (exact) mass is 313 g/mol. The third kappa shape index (κ3) is 2.84. The molecule has 2 rings (SSSR count). The first-order chi connectivity index (χ1) is 7.87. The minimum absolute atomic E-state index is 0.369. The van der Waals surface area contributed by atoms with Crippen LogP contribution in [0.15, 0.2) is 22.7 Å². The summed E-state index contributed by atoms with van der Waals surface area (Å²) in [5.41, 5.74) is -0.102. The van der Waals surface area contributed by atoms with Crippen molar-refractivity contribution in [2.24, 2.45) is 0 Å². The minimum atomic E-state index is -0.498. The highest BCUT2D eigenvalue weighted by molar-refractivity contribution is 9.10. The van der Waals surface area contributed by atoms with Crippen molar-refractivity contribution in [1.82, 2.24) is 4.37 Å². The highest BCUT2D eigenvalue weighted by Gasteiger charge is 2.22. The molecule has 5 heteroatoms. The van der Waals surface area contributed by atoms with Crippen molar-refractivity contribution in [3.05, 3.63) is 28.4 Å². The van der Waals surface area contributed by atoms with Gasteiger partial charge in [0.25, 0.3) is 0 Å². The number of benzene rings is 1. The third-order valence-corrected chi connectivity index (χ3v) is 3.33. The number of aromatic nitrogens is 1. The van der Waals surface area contributed by atoms with E-state index in [1.807, 2.05) is 39.0 Å². The zero-order chi connectivity index (χ0) is 12.6. The van der Waals surface area contributed by atoms with Crippen LogP contribution >= 0.6 is 27.5 Å². The molecule has 0 fully saturated rings. The molecule has 0 atom stereocenters. The zero-order valence-electron chi connectivity index (χ0n) is 9.78. The van der Waals surface area contributed by atoms with Gasteiger partial charge in [-0.3, -0.25) is 0 Å². The van der Waals surface area contributed by atoms with Crippen LogP contribution in [0.3, 0.4) is 0 Å². The van der Waals surface area contributed by atoms with E-state index in [4.69, 9.17) is 4.74 Å². The van der Waals surface area contributed by atoms with Gasteiger partial charge in [-0.1, -0.05) is 15.9 Å². The van der Waals surface area contributed by atoms with E-state index >= 15 is 0 Å². The summed E-state index contributed by atoms with van der Waals surface area (Å²) in [6, 6.07) is 5.72. The van der Waals surface area contributed by atoms with E-state index in [1.54, 1.807) is 0 Å². The summed E-state index contributed by atoms with van der Waals surface area (Å²) in [4.78, 5) is 11.9. The predicted octanol–water partition coefficient (Wildman–Crippen LogP) is 4.01. The van der Waals surface area contributed by atoms with Gasteiger partial charge in [0, 0.05) is 9.86 Å². The van der Waals surface area contributed by atoms with Crippen LogP contribution in [-0.4, -0.2) is 15.9 Å². The summed E-state index contributed by atoms with van der Waals surface area (Å²) in [6.45, 7) is 5.53. The second-order valence-electron chi connectivity index (χ2n) is 4.67. The van der Waals surface area contributed by atoms with E-state index in [2.05, 4.69) is 20.3 Å². The lowest BCUT2D eigenvalue weighted by Crippen LogP contribution is -2.24. The fraction of sp³-hybridized carbons (Fsp3) is 0.333. The van der Waals surface area contributed by atoms with Gasteiger partial charge in [0.05, 0.1) is 4.70 Å². The van der Waals surface area contributed by atoms with Crippen LogP contribution < -0.4 is 0 Å². The van der Waals surface area contributed by atoms with E-state index in [0.29, 0.717) is 5.69 Å². The first-order valence-electron chi connectivity index (χ1n) is 5.15. The molecule has 1 aromatic carbocycles. The summed E-state index contributed by atoms with van der Waals surface area (Å²) in [7, 11) is 0. The molecule has 0 aliphatic rings. The second-order valence-corrected chi connectivity index (χ2v) is 6.39. The van der Waals surface area contributed by atoms with Gasteiger partial charge < -0.3 is 4.74 Å². The van der Waals surface area contributed by atoms with Gasteiger partial charge in [-0.15, -0.1) is 0 Å². The highest BCUT2D eigenvalue weighted by Crippen LogP contribution is 2.27. The smallest absolute Gasteiger partial charge is 0.359 e. The highest BCUT2D eigenvalue weighted by atomic mass is 79.9. The molecule has 2 aromatic rings. The average molecular weight is 314 g/mol. The molecule has 0 saturated heterocycles. The molecule has 0 bridgehead atoms. The number of hydrogen-bond acceptors (Lipinski definition) is 4. The molecule has 0 unspecified atom stereocenters. The summed E-state index contributed by atoms with van der Waals surface area (Å²) in [6.07, 6.45) is 0. The zero-order valence-corrected chi connectivity index (χ0v) is 12.2. The maximum Gasteiger partial charge on any atom is 0.359 e. The molecule has 1 aromatic heterocycles. The van der Waals surface area contributed by atoms with Crippen molar-refractivity contribution >= 4 is 43.5 Å². The van der Waals surface area contributed by atoms with Crippen LogP contribution in [0.2, 0.25) is 0 Å². The quantitative estimate of drug-likeness (QED) is 0.747. The Hall–Kier alpha value is -0.940. The molecule has 0 N–H and O–H groups in total. The van der Waals surface area contributed by atoms with Crippen LogP contribution in [-0.2, 0) is 4.74 Å². The van der Waals surface area contributed by atoms with Crippen molar-refractivity contribution in [2.75, 3.05) is 0 Å². The normalized spacial score (nSPS) is 11.8. The Morgan fingerprint density at radius 2 is 2.12 bits per heavy atom. The van der Waals surface area contributed by atoms with Gasteiger partial charge in [-0.25, -0.2) is 4.79 Å². The van der Waals surface area contributed by atoms with Gasteiger partial charge in [-0.05, 0) is 50.5 Å². The van der Waals surface area contributed by atoms with Gasteiger partial charge in [0.2, 0.25) is 0 Å².